The van der Waals surface area contributed by atoms with Gasteiger partial charge in [0.15, 0.2) is 11.5 Å². The molecule has 1 aliphatic rings. The van der Waals surface area contributed by atoms with Gasteiger partial charge in [-0.1, -0.05) is 63.0 Å². The molecule has 2 aromatic carbocycles. The van der Waals surface area contributed by atoms with Crippen LogP contribution in [-0.2, 0) is 16.8 Å². The first kappa shape index (κ1) is 24.8. The van der Waals surface area contributed by atoms with Crippen molar-refractivity contribution in [1.29, 1.82) is 0 Å². The number of methoxy groups -OCH3 is 1. The number of esters is 1. The predicted octanol–water partition coefficient (Wildman–Crippen LogP) is 6.21. The Morgan fingerprint density at radius 3 is 2.49 bits per heavy atom. The van der Waals surface area contributed by atoms with Crippen LogP contribution in [0.5, 0.6) is 11.5 Å². The summed E-state index contributed by atoms with van der Waals surface area (Å²) in [7, 11) is 1.50. The fraction of sp³-hybridized carbons (Fsp3) is 0.222. The van der Waals surface area contributed by atoms with Crippen molar-refractivity contribution in [3.63, 3.8) is 0 Å². The molecular formula is C27H25NO5S2. The molecule has 1 aromatic heterocycles. The Morgan fingerprint density at radius 2 is 1.86 bits per heavy atom. The molecule has 0 radical (unpaired) electrons. The predicted molar refractivity (Wildman–Crippen MR) is 141 cm³/mol. The molecule has 8 heteroatoms. The number of hydrogen-bond donors (Lipinski definition) is 0. The number of carbonyl (C=O) groups is 2. The summed E-state index contributed by atoms with van der Waals surface area (Å²) >= 11 is 6.61. The quantitative estimate of drug-likeness (QED) is 0.170. The first-order valence-electron chi connectivity index (χ1n) is 10.9. The Kier molecular flexibility index (Phi) is 7.14. The van der Waals surface area contributed by atoms with E-state index in [1.807, 2.05) is 12.1 Å². The molecule has 6 nitrogen and oxygen atoms in total. The summed E-state index contributed by atoms with van der Waals surface area (Å²) in [5.74, 6) is 0.660. The SMILES string of the molecule is COc1cc(/C=C2/SC(=S)N(Cc3ccco3)C2=O)ccc1OC(=O)c1ccc(C(C)(C)C)cc1. The number of thiocarbonyl (C=S) groups is 1. The first-order valence-corrected chi connectivity index (χ1v) is 12.2. The molecule has 0 unspecified atom stereocenters. The lowest BCUT2D eigenvalue weighted by molar-refractivity contribution is -0.122. The van der Waals surface area contributed by atoms with Gasteiger partial charge < -0.3 is 13.9 Å². The van der Waals surface area contributed by atoms with E-state index in [2.05, 4.69) is 20.8 Å². The van der Waals surface area contributed by atoms with Crippen molar-refractivity contribution in [3.05, 3.63) is 88.2 Å². The summed E-state index contributed by atoms with van der Waals surface area (Å²) in [4.78, 5) is 27.5. The van der Waals surface area contributed by atoms with Gasteiger partial charge in [0.25, 0.3) is 5.91 Å². The molecule has 0 N–H and O–H groups in total. The summed E-state index contributed by atoms with van der Waals surface area (Å²) in [6.07, 6.45) is 3.30. The molecule has 0 aliphatic carbocycles. The number of carbonyl (C=O) groups excluding carboxylic acids is 2. The number of hydrogen-bond acceptors (Lipinski definition) is 7. The van der Waals surface area contributed by atoms with E-state index in [4.69, 9.17) is 26.1 Å². The maximum Gasteiger partial charge on any atom is 0.343 e. The average Bonchev–Trinajstić information content (AvgIpc) is 3.43. The van der Waals surface area contributed by atoms with Crippen molar-refractivity contribution in [1.82, 2.24) is 4.90 Å². The Bertz CT molecular complexity index is 1290. The van der Waals surface area contributed by atoms with Crippen LogP contribution in [0.3, 0.4) is 0 Å². The highest BCUT2D eigenvalue weighted by Gasteiger charge is 2.32. The van der Waals surface area contributed by atoms with E-state index < -0.39 is 5.97 Å². The van der Waals surface area contributed by atoms with Crippen molar-refractivity contribution in [2.45, 2.75) is 32.7 Å². The van der Waals surface area contributed by atoms with E-state index in [-0.39, 0.29) is 17.9 Å². The van der Waals surface area contributed by atoms with Gasteiger partial charge in [-0.2, -0.15) is 0 Å². The third-order valence-corrected chi connectivity index (χ3v) is 6.82. The normalized spacial score (nSPS) is 15.1. The van der Waals surface area contributed by atoms with E-state index >= 15 is 0 Å². The Labute approximate surface area is 213 Å². The number of ether oxygens (including phenoxy) is 2. The molecule has 1 aliphatic heterocycles. The zero-order chi connectivity index (χ0) is 25.2. The molecule has 2 heterocycles. The average molecular weight is 508 g/mol. The Balaban J connectivity index is 1.49. The van der Waals surface area contributed by atoms with Crippen LogP contribution in [0.4, 0.5) is 0 Å². The summed E-state index contributed by atoms with van der Waals surface area (Å²) < 4.78 is 16.8. The van der Waals surface area contributed by atoms with Crippen LogP contribution in [0, 0.1) is 0 Å². The molecule has 1 saturated heterocycles. The third-order valence-electron chi connectivity index (χ3n) is 5.44. The molecular weight excluding hydrogens is 482 g/mol. The zero-order valence-corrected chi connectivity index (χ0v) is 21.5. The smallest absolute Gasteiger partial charge is 0.343 e. The van der Waals surface area contributed by atoms with Crippen molar-refractivity contribution < 1.29 is 23.5 Å². The van der Waals surface area contributed by atoms with Gasteiger partial charge in [0.2, 0.25) is 0 Å². The monoisotopic (exact) mass is 507 g/mol. The molecule has 0 bridgehead atoms. The highest BCUT2D eigenvalue weighted by atomic mass is 32.2. The Hall–Kier alpha value is -3.36. The van der Waals surface area contributed by atoms with E-state index in [0.29, 0.717) is 32.0 Å². The van der Waals surface area contributed by atoms with Crippen LogP contribution < -0.4 is 9.47 Å². The fourth-order valence-corrected chi connectivity index (χ4v) is 4.72. The Morgan fingerprint density at radius 1 is 1.11 bits per heavy atom. The highest BCUT2D eigenvalue weighted by molar-refractivity contribution is 8.26. The standard InChI is InChI=1S/C27H25NO5S2/c1-27(2,3)19-10-8-18(9-11-19)25(30)33-21-12-7-17(14-22(21)31-4)15-23-24(29)28(26(34)35-23)16-20-6-5-13-32-20/h5-15H,16H2,1-4H3/b23-15+. The largest absolute Gasteiger partial charge is 0.493 e. The second-order valence-electron chi connectivity index (χ2n) is 8.97. The fourth-order valence-electron chi connectivity index (χ4n) is 3.47. The minimum atomic E-state index is -0.477. The van der Waals surface area contributed by atoms with E-state index in [1.165, 1.54) is 23.8 Å². The van der Waals surface area contributed by atoms with Crippen molar-refractivity contribution in [3.8, 4) is 11.5 Å². The molecule has 0 atom stereocenters. The third kappa shape index (κ3) is 5.66. The lowest BCUT2D eigenvalue weighted by Crippen LogP contribution is -2.27. The van der Waals surface area contributed by atoms with Gasteiger partial charge in [0, 0.05) is 0 Å². The number of benzene rings is 2. The number of thioether (sulfide) groups is 1. The van der Waals surface area contributed by atoms with Crippen LogP contribution in [0.15, 0.2) is 70.2 Å². The van der Waals surface area contributed by atoms with Gasteiger partial charge in [-0.3, -0.25) is 9.69 Å². The minimum Gasteiger partial charge on any atom is -0.493 e. The lowest BCUT2D eigenvalue weighted by Gasteiger charge is -2.19. The molecule has 4 rings (SSSR count). The van der Waals surface area contributed by atoms with Crippen LogP contribution in [0.2, 0.25) is 0 Å². The molecule has 3 aromatic rings. The lowest BCUT2D eigenvalue weighted by atomic mass is 9.87. The first-order chi connectivity index (χ1) is 16.7. The van der Waals surface area contributed by atoms with E-state index in [0.717, 1.165) is 11.1 Å². The zero-order valence-electron chi connectivity index (χ0n) is 19.9. The van der Waals surface area contributed by atoms with Crippen molar-refractivity contribution in [2.75, 3.05) is 7.11 Å². The maximum absolute atomic E-state index is 12.9. The van der Waals surface area contributed by atoms with Crippen LogP contribution in [0.25, 0.3) is 6.08 Å². The van der Waals surface area contributed by atoms with Gasteiger partial charge in [0.05, 0.1) is 30.4 Å². The molecule has 180 valence electrons. The molecule has 1 amide bonds. The van der Waals surface area contributed by atoms with Crippen molar-refractivity contribution in [2.24, 2.45) is 0 Å². The number of furan rings is 1. The van der Waals surface area contributed by atoms with Crippen LogP contribution in [0.1, 0.15) is 48.0 Å². The second-order valence-corrected chi connectivity index (χ2v) is 10.7. The van der Waals surface area contributed by atoms with Crippen molar-refractivity contribution >= 4 is 46.3 Å². The second kappa shape index (κ2) is 10.1. The minimum absolute atomic E-state index is 0.00543. The van der Waals surface area contributed by atoms with Gasteiger partial charge in [-0.05, 0) is 59.0 Å². The van der Waals surface area contributed by atoms with Gasteiger partial charge in [0.1, 0.15) is 10.1 Å². The number of rotatable bonds is 6. The molecule has 0 saturated carbocycles. The summed E-state index contributed by atoms with van der Waals surface area (Å²) in [6.45, 7) is 6.63. The highest BCUT2D eigenvalue weighted by Crippen LogP contribution is 2.36. The number of nitrogens with zero attached hydrogens (tertiary/aromatic N) is 1. The number of amides is 1. The molecule has 35 heavy (non-hydrogen) atoms. The van der Waals surface area contributed by atoms with Gasteiger partial charge in [-0.25, -0.2) is 4.79 Å². The maximum atomic E-state index is 12.9. The molecule has 0 spiro atoms. The van der Waals surface area contributed by atoms with Gasteiger partial charge >= 0.3 is 5.97 Å². The summed E-state index contributed by atoms with van der Waals surface area (Å²) in [5.41, 5.74) is 2.29. The summed E-state index contributed by atoms with van der Waals surface area (Å²) in [5, 5.41) is 0. The van der Waals surface area contributed by atoms with Crippen LogP contribution >= 0.6 is 24.0 Å². The summed E-state index contributed by atoms with van der Waals surface area (Å²) in [6, 6.07) is 16.1. The van der Waals surface area contributed by atoms with E-state index in [1.54, 1.807) is 54.8 Å². The van der Waals surface area contributed by atoms with Crippen LogP contribution in [-0.4, -0.2) is 28.2 Å². The molecule has 1 fully saturated rings. The topological polar surface area (TPSA) is 69.0 Å². The van der Waals surface area contributed by atoms with E-state index in [9.17, 15) is 9.59 Å². The van der Waals surface area contributed by atoms with Gasteiger partial charge in [-0.15, -0.1) is 0 Å².